The molecule has 0 saturated carbocycles. The molecule has 3 aromatic rings. The molecule has 3 rings (SSSR count). The summed E-state index contributed by atoms with van der Waals surface area (Å²) in [5.41, 5.74) is 6.16. The molecule has 0 atom stereocenters. The van der Waals surface area contributed by atoms with Crippen molar-refractivity contribution in [1.29, 1.82) is 0 Å². The van der Waals surface area contributed by atoms with Gasteiger partial charge in [0.1, 0.15) is 0 Å². The number of hydrogen-bond acceptors (Lipinski definition) is 3. The zero-order valence-corrected chi connectivity index (χ0v) is 13.8. The second-order valence-electron chi connectivity index (χ2n) is 5.84. The monoisotopic (exact) mass is 335 g/mol. The third-order valence-electron chi connectivity index (χ3n) is 4.09. The van der Waals surface area contributed by atoms with Crippen LogP contribution in [-0.4, -0.2) is 22.6 Å². The van der Waals surface area contributed by atoms with Gasteiger partial charge in [-0.05, 0) is 41.8 Å². The van der Waals surface area contributed by atoms with Crippen LogP contribution >= 0.6 is 0 Å². The maximum atomic E-state index is 10.9. The molecular weight excluding hydrogens is 314 g/mol. The molecule has 0 aliphatic carbocycles. The van der Waals surface area contributed by atoms with Gasteiger partial charge in [-0.2, -0.15) is 0 Å². The van der Waals surface area contributed by atoms with Gasteiger partial charge in [0.2, 0.25) is 0 Å². The van der Waals surface area contributed by atoms with Crippen LogP contribution in [0.3, 0.4) is 0 Å². The normalized spacial score (nSPS) is 11.2. The summed E-state index contributed by atoms with van der Waals surface area (Å²) >= 11 is 0. The first-order chi connectivity index (χ1) is 12.3. The van der Waals surface area contributed by atoms with Crippen molar-refractivity contribution in [2.24, 2.45) is 0 Å². The number of aromatic nitrogens is 1. The first-order valence-electron chi connectivity index (χ1n) is 8.23. The van der Waals surface area contributed by atoms with Crippen molar-refractivity contribution < 1.29 is 10.0 Å². The summed E-state index contributed by atoms with van der Waals surface area (Å²) in [6.45, 7) is 1.70. The van der Waals surface area contributed by atoms with Gasteiger partial charge in [0.15, 0.2) is 0 Å². The molecule has 1 amide bonds. The molecule has 25 heavy (non-hydrogen) atoms. The molecule has 128 valence electrons. The Hall–Kier alpha value is -2.89. The Labute approximate surface area is 146 Å². The summed E-state index contributed by atoms with van der Waals surface area (Å²) in [6.07, 6.45) is 5.99. The highest BCUT2D eigenvalue weighted by atomic mass is 16.5. The van der Waals surface area contributed by atoms with Gasteiger partial charge in [0.05, 0.1) is 0 Å². The molecule has 0 fully saturated rings. The molecule has 1 heterocycles. The van der Waals surface area contributed by atoms with E-state index in [1.165, 1.54) is 28.1 Å². The van der Waals surface area contributed by atoms with Crippen LogP contribution in [0.25, 0.3) is 17.0 Å². The van der Waals surface area contributed by atoms with Crippen LogP contribution in [0, 0.1) is 0 Å². The van der Waals surface area contributed by atoms with Gasteiger partial charge in [0.25, 0.3) is 5.91 Å². The van der Waals surface area contributed by atoms with Crippen molar-refractivity contribution in [1.82, 2.24) is 15.8 Å². The number of H-pyrrole nitrogens is 1. The van der Waals surface area contributed by atoms with E-state index in [0.29, 0.717) is 0 Å². The molecule has 0 unspecified atom stereocenters. The minimum atomic E-state index is -0.539. The number of rotatable bonds is 7. The molecule has 5 heteroatoms. The SMILES string of the molecule is O=C(/C=C/c1ccc(CNCCc2c[nH]c3ccccc23)cc1)NO. The Morgan fingerprint density at radius 2 is 1.92 bits per heavy atom. The average Bonchev–Trinajstić information content (AvgIpc) is 3.07. The zero-order valence-electron chi connectivity index (χ0n) is 13.8. The average molecular weight is 335 g/mol. The highest BCUT2D eigenvalue weighted by Crippen LogP contribution is 2.17. The number of amides is 1. The Bertz CT molecular complexity index is 866. The molecule has 0 bridgehead atoms. The van der Waals surface area contributed by atoms with Gasteiger partial charge in [-0.15, -0.1) is 0 Å². The lowest BCUT2D eigenvalue weighted by molar-refractivity contribution is -0.124. The van der Waals surface area contributed by atoms with Crippen LogP contribution in [0.4, 0.5) is 0 Å². The molecule has 0 radical (unpaired) electrons. The van der Waals surface area contributed by atoms with Crippen LogP contribution in [0.5, 0.6) is 0 Å². The van der Waals surface area contributed by atoms with E-state index in [9.17, 15) is 4.79 Å². The predicted molar refractivity (Wildman–Crippen MR) is 99.1 cm³/mol. The van der Waals surface area contributed by atoms with Gasteiger partial charge >= 0.3 is 0 Å². The van der Waals surface area contributed by atoms with Crippen LogP contribution < -0.4 is 10.8 Å². The Kier molecular flexibility index (Phi) is 5.61. The fraction of sp³-hybridized carbons (Fsp3) is 0.150. The highest BCUT2D eigenvalue weighted by molar-refractivity contribution is 5.90. The van der Waals surface area contributed by atoms with Crippen LogP contribution in [-0.2, 0) is 17.8 Å². The molecule has 5 nitrogen and oxygen atoms in total. The van der Waals surface area contributed by atoms with Gasteiger partial charge in [-0.1, -0.05) is 42.5 Å². The fourth-order valence-corrected chi connectivity index (χ4v) is 2.75. The number of carbonyl (C=O) groups excluding carboxylic acids is 1. The largest absolute Gasteiger partial charge is 0.361 e. The number of hydrogen-bond donors (Lipinski definition) is 4. The molecule has 1 aromatic heterocycles. The summed E-state index contributed by atoms with van der Waals surface area (Å²) < 4.78 is 0. The molecule has 0 saturated heterocycles. The second-order valence-corrected chi connectivity index (χ2v) is 5.84. The molecular formula is C20H21N3O2. The maximum Gasteiger partial charge on any atom is 0.267 e. The number of para-hydroxylation sites is 1. The van der Waals surface area contributed by atoms with Gasteiger partial charge in [-0.25, -0.2) is 5.48 Å². The summed E-state index contributed by atoms with van der Waals surface area (Å²) in [5, 5.41) is 13.2. The van der Waals surface area contributed by atoms with E-state index in [2.05, 4.69) is 34.7 Å². The zero-order chi connectivity index (χ0) is 17.5. The Morgan fingerprint density at radius 1 is 1.12 bits per heavy atom. The van der Waals surface area contributed by atoms with Crippen LogP contribution in [0.15, 0.2) is 60.8 Å². The van der Waals surface area contributed by atoms with Gasteiger partial charge in [0, 0.05) is 29.7 Å². The fourth-order valence-electron chi connectivity index (χ4n) is 2.75. The molecule has 0 spiro atoms. The standard InChI is InChI=1S/C20H21N3O2/c24-20(23-25)10-9-15-5-7-16(8-6-15)13-21-12-11-17-14-22-19-4-2-1-3-18(17)19/h1-10,14,21-22,25H,11-13H2,(H,23,24)/b10-9+. The first kappa shape index (κ1) is 17.0. The minimum absolute atomic E-state index is 0.539. The third kappa shape index (κ3) is 4.56. The lowest BCUT2D eigenvalue weighted by Gasteiger charge is -2.05. The molecule has 0 aliphatic heterocycles. The van der Waals surface area contributed by atoms with Crippen molar-refractivity contribution in [3.8, 4) is 0 Å². The number of aromatic amines is 1. The topological polar surface area (TPSA) is 77.2 Å². The van der Waals surface area contributed by atoms with E-state index in [1.807, 2.05) is 30.3 Å². The summed E-state index contributed by atoms with van der Waals surface area (Å²) in [4.78, 5) is 14.2. The lowest BCUT2D eigenvalue weighted by Crippen LogP contribution is -2.16. The summed E-state index contributed by atoms with van der Waals surface area (Å²) in [5.74, 6) is -0.539. The molecule has 2 aromatic carbocycles. The Balaban J connectivity index is 1.47. The number of nitrogens with one attached hydrogen (secondary N) is 3. The number of carbonyl (C=O) groups is 1. The van der Waals surface area contributed by atoms with Crippen molar-refractivity contribution in [3.63, 3.8) is 0 Å². The number of benzene rings is 2. The van der Waals surface area contributed by atoms with Gasteiger partial charge < -0.3 is 10.3 Å². The number of fused-ring (bicyclic) bond motifs is 1. The summed E-state index contributed by atoms with van der Waals surface area (Å²) in [7, 11) is 0. The van der Waals surface area contributed by atoms with Gasteiger partial charge in [-0.3, -0.25) is 10.0 Å². The third-order valence-corrected chi connectivity index (χ3v) is 4.09. The minimum Gasteiger partial charge on any atom is -0.361 e. The van der Waals surface area contributed by atoms with E-state index < -0.39 is 5.91 Å². The van der Waals surface area contributed by atoms with Crippen LogP contribution in [0.1, 0.15) is 16.7 Å². The number of hydroxylamine groups is 1. The maximum absolute atomic E-state index is 10.9. The van der Waals surface area contributed by atoms with E-state index in [4.69, 9.17) is 5.21 Å². The molecule has 0 aliphatic rings. The highest BCUT2D eigenvalue weighted by Gasteiger charge is 2.02. The van der Waals surface area contributed by atoms with E-state index in [0.717, 1.165) is 25.1 Å². The predicted octanol–water partition coefficient (Wildman–Crippen LogP) is 3.02. The smallest absolute Gasteiger partial charge is 0.267 e. The quantitative estimate of drug-likeness (QED) is 0.232. The van der Waals surface area contributed by atoms with E-state index >= 15 is 0 Å². The van der Waals surface area contributed by atoms with Crippen molar-refractivity contribution in [2.75, 3.05) is 6.54 Å². The van der Waals surface area contributed by atoms with Crippen LogP contribution in [0.2, 0.25) is 0 Å². The first-order valence-corrected chi connectivity index (χ1v) is 8.23. The Morgan fingerprint density at radius 3 is 2.72 bits per heavy atom. The van der Waals surface area contributed by atoms with Crippen molar-refractivity contribution in [3.05, 3.63) is 77.5 Å². The van der Waals surface area contributed by atoms with Crippen molar-refractivity contribution >= 4 is 22.9 Å². The lowest BCUT2D eigenvalue weighted by atomic mass is 10.1. The van der Waals surface area contributed by atoms with E-state index in [-0.39, 0.29) is 0 Å². The van der Waals surface area contributed by atoms with E-state index in [1.54, 1.807) is 11.6 Å². The second kappa shape index (κ2) is 8.28. The van der Waals surface area contributed by atoms with Crippen molar-refractivity contribution in [2.45, 2.75) is 13.0 Å². The molecule has 4 N–H and O–H groups in total. The summed E-state index contributed by atoms with van der Waals surface area (Å²) in [6, 6.07) is 16.3.